The zero-order valence-electron chi connectivity index (χ0n) is 19.2. The number of nitrogens with zero attached hydrogens (tertiary/aromatic N) is 2. The molecular weight excluding hydrogens is 457 g/mol. The molecule has 2 aromatic rings. The Hall–Kier alpha value is -2.26. The van der Waals surface area contributed by atoms with Gasteiger partial charge in [-0.1, -0.05) is 55.2 Å². The molecule has 7 heteroatoms. The molecule has 1 heterocycles. The zero-order valence-corrected chi connectivity index (χ0v) is 20.8. The van der Waals surface area contributed by atoms with Crippen LogP contribution in [-0.4, -0.2) is 36.5 Å². The molecule has 176 valence electrons. The second kappa shape index (κ2) is 11.7. The monoisotopic (exact) mass is 487 g/mol. The highest BCUT2D eigenvalue weighted by molar-refractivity contribution is 6.34. The van der Waals surface area contributed by atoms with Gasteiger partial charge in [0.25, 0.3) is 0 Å². The summed E-state index contributed by atoms with van der Waals surface area (Å²) in [4.78, 5) is 15.3. The van der Waals surface area contributed by atoms with E-state index in [1.54, 1.807) is 18.2 Å². The van der Waals surface area contributed by atoms with Gasteiger partial charge in [-0.05, 0) is 49.4 Å². The molecule has 5 nitrogen and oxygen atoms in total. The minimum atomic E-state index is -0.482. The molecule has 1 N–H and O–H groups in total. The molecule has 0 radical (unpaired) electrons. The van der Waals surface area contributed by atoms with Gasteiger partial charge in [0, 0.05) is 42.2 Å². The molecule has 0 bridgehead atoms. The lowest BCUT2D eigenvalue weighted by atomic mass is 9.86. The number of nitrogens with one attached hydrogen (secondary N) is 1. The molecule has 3 rings (SSSR count). The quantitative estimate of drug-likeness (QED) is 0.451. The van der Waals surface area contributed by atoms with Crippen molar-refractivity contribution in [2.24, 2.45) is 5.41 Å². The minimum absolute atomic E-state index is 0.0802. The van der Waals surface area contributed by atoms with Gasteiger partial charge in [-0.2, -0.15) is 5.26 Å². The summed E-state index contributed by atoms with van der Waals surface area (Å²) in [7, 11) is 0. The summed E-state index contributed by atoms with van der Waals surface area (Å²) >= 11 is 12.1. The van der Waals surface area contributed by atoms with Crippen LogP contribution >= 0.6 is 23.2 Å². The first-order valence-corrected chi connectivity index (χ1v) is 12.1. The maximum atomic E-state index is 12.9. The number of ether oxygens (including phenoxy) is 1. The molecule has 1 fully saturated rings. The molecule has 0 atom stereocenters. The highest BCUT2D eigenvalue weighted by Crippen LogP contribution is 2.29. The van der Waals surface area contributed by atoms with Gasteiger partial charge in [0.2, 0.25) is 5.91 Å². The van der Waals surface area contributed by atoms with Crippen LogP contribution in [0.25, 0.3) is 0 Å². The van der Waals surface area contributed by atoms with Gasteiger partial charge < -0.3 is 10.1 Å². The Kier molecular flexibility index (Phi) is 9.02. The molecule has 0 aromatic heterocycles. The molecule has 33 heavy (non-hydrogen) atoms. The fourth-order valence-corrected chi connectivity index (χ4v) is 4.36. The van der Waals surface area contributed by atoms with Crippen molar-refractivity contribution in [3.05, 3.63) is 63.6 Å². The molecule has 0 spiro atoms. The molecule has 1 aliphatic rings. The molecule has 1 saturated heterocycles. The van der Waals surface area contributed by atoms with Crippen LogP contribution < -0.4 is 10.1 Å². The van der Waals surface area contributed by atoms with Gasteiger partial charge in [0.05, 0.1) is 23.3 Å². The van der Waals surface area contributed by atoms with E-state index in [1.165, 1.54) is 0 Å². The van der Waals surface area contributed by atoms with E-state index in [1.807, 2.05) is 38.1 Å². The number of benzene rings is 2. The lowest BCUT2D eigenvalue weighted by molar-refractivity contribution is -0.130. The predicted molar refractivity (Wildman–Crippen MR) is 133 cm³/mol. The summed E-state index contributed by atoms with van der Waals surface area (Å²) in [6.45, 7) is 7.00. The Labute approximate surface area is 206 Å². The van der Waals surface area contributed by atoms with Gasteiger partial charge in [-0.25, -0.2) is 0 Å². The summed E-state index contributed by atoms with van der Waals surface area (Å²) in [5.74, 6) is 0.646. The van der Waals surface area contributed by atoms with E-state index in [0.717, 1.165) is 50.0 Å². The summed E-state index contributed by atoms with van der Waals surface area (Å²) in [5.41, 5.74) is 1.31. The lowest BCUT2D eigenvalue weighted by Gasteiger charge is -2.34. The molecule has 1 amide bonds. The topological polar surface area (TPSA) is 65.4 Å². The fourth-order valence-electron chi connectivity index (χ4n) is 4.02. The number of halogens is 2. The molecule has 0 unspecified atom stereocenters. The van der Waals surface area contributed by atoms with Crippen LogP contribution in [0.5, 0.6) is 5.75 Å². The lowest BCUT2D eigenvalue weighted by Crippen LogP contribution is -2.48. The third-order valence-corrected chi connectivity index (χ3v) is 6.71. The van der Waals surface area contributed by atoms with Crippen molar-refractivity contribution in [2.45, 2.75) is 52.1 Å². The van der Waals surface area contributed by atoms with Gasteiger partial charge in [-0.3, -0.25) is 9.69 Å². The Balaban J connectivity index is 1.40. The number of carbonyl (C=O) groups excluding carboxylic acids is 1. The van der Waals surface area contributed by atoms with Crippen LogP contribution in [0, 0.1) is 16.7 Å². The van der Waals surface area contributed by atoms with E-state index >= 15 is 0 Å². The first-order chi connectivity index (χ1) is 15.8. The second-order valence-corrected chi connectivity index (χ2v) is 10.0. The number of hydrogen-bond donors (Lipinski definition) is 1. The average molecular weight is 488 g/mol. The maximum absolute atomic E-state index is 12.9. The van der Waals surface area contributed by atoms with E-state index in [9.17, 15) is 10.1 Å². The number of piperidine rings is 1. The van der Waals surface area contributed by atoms with Crippen molar-refractivity contribution >= 4 is 29.1 Å². The minimum Gasteiger partial charge on any atom is -0.492 e. The number of rotatable bonds is 9. The Morgan fingerprint density at radius 2 is 1.94 bits per heavy atom. The van der Waals surface area contributed by atoms with Crippen LogP contribution in [0.4, 0.5) is 0 Å². The number of carbonyl (C=O) groups is 1. The molecular formula is C26H31Cl2N3O2. The standard InChI is InChI=1S/C26H31Cl2N3O2/c1-26(2,12-5-15-33-24-16-21(27)8-9-23(24)28)25(32)30-22-10-13-31(14-11-22)18-20-7-4-3-6-19(20)17-29/h3-4,6-9,16,22H,5,10-15,18H2,1-2H3,(H,30,32). The fraction of sp³-hybridized carbons (Fsp3) is 0.462. The van der Waals surface area contributed by atoms with Crippen molar-refractivity contribution in [1.29, 1.82) is 5.26 Å². The van der Waals surface area contributed by atoms with Crippen LogP contribution in [0.15, 0.2) is 42.5 Å². The molecule has 0 aliphatic carbocycles. The number of hydrogen-bond acceptors (Lipinski definition) is 4. The van der Waals surface area contributed by atoms with Crippen LogP contribution in [0.3, 0.4) is 0 Å². The largest absolute Gasteiger partial charge is 0.492 e. The van der Waals surface area contributed by atoms with Gasteiger partial charge >= 0.3 is 0 Å². The zero-order chi connectivity index (χ0) is 23.8. The Morgan fingerprint density at radius 1 is 1.21 bits per heavy atom. The van der Waals surface area contributed by atoms with Crippen molar-refractivity contribution < 1.29 is 9.53 Å². The summed E-state index contributed by atoms with van der Waals surface area (Å²) < 4.78 is 5.75. The first kappa shape index (κ1) is 25.4. The molecule has 1 aliphatic heterocycles. The first-order valence-electron chi connectivity index (χ1n) is 11.4. The van der Waals surface area contributed by atoms with E-state index < -0.39 is 5.41 Å². The van der Waals surface area contributed by atoms with Crippen molar-refractivity contribution in [2.75, 3.05) is 19.7 Å². The van der Waals surface area contributed by atoms with Crippen LogP contribution in [0.1, 0.15) is 50.7 Å². The van der Waals surface area contributed by atoms with Crippen molar-refractivity contribution in [3.8, 4) is 11.8 Å². The van der Waals surface area contributed by atoms with E-state index in [-0.39, 0.29) is 11.9 Å². The van der Waals surface area contributed by atoms with Crippen LogP contribution in [0.2, 0.25) is 10.0 Å². The third-order valence-electron chi connectivity index (χ3n) is 6.17. The Morgan fingerprint density at radius 3 is 2.67 bits per heavy atom. The van der Waals surface area contributed by atoms with Crippen molar-refractivity contribution in [1.82, 2.24) is 10.2 Å². The van der Waals surface area contributed by atoms with Gasteiger partial charge in [-0.15, -0.1) is 0 Å². The summed E-state index contributed by atoms with van der Waals surface area (Å²) in [5, 5.41) is 13.6. The van der Waals surface area contributed by atoms with E-state index in [2.05, 4.69) is 16.3 Å². The third kappa shape index (κ3) is 7.37. The van der Waals surface area contributed by atoms with Gasteiger partial charge in [0.1, 0.15) is 5.75 Å². The molecule has 0 saturated carbocycles. The van der Waals surface area contributed by atoms with Crippen molar-refractivity contribution in [3.63, 3.8) is 0 Å². The Bertz CT molecular complexity index is 995. The molecule has 2 aromatic carbocycles. The predicted octanol–water partition coefficient (Wildman–Crippen LogP) is 5.83. The highest BCUT2D eigenvalue weighted by atomic mass is 35.5. The van der Waals surface area contributed by atoms with E-state index in [4.69, 9.17) is 27.9 Å². The van der Waals surface area contributed by atoms with E-state index in [0.29, 0.717) is 28.8 Å². The normalized spacial score (nSPS) is 15.1. The maximum Gasteiger partial charge on any atom is 0.225 e. The van der Waals surface area contributed by atoms with Gasteiger partial charge in [0.15, 0.2) is 0 Å². The number of likely N-dealkylation sites (tertiary alicyclic amines) is 1. The average Bonchev–Trinajstić information content (AvgIpc) is 2.80. The SMILES string of the molecule is CC(C)(CCCOc1cc(Cl)ccc1Cl)C(=O)NC1CCN(Cc2ccccc2C#N)CC1. The van der Waals surface area contributed by atoms with Crippen LogP contribution in [-0.2, 0) is 11.3 Å². The summed E-state index contributed by atoms with van der Waals surface area (Å²) in [6.07, 6.45) is 3.26. The second-order valence-electron chi connectivity index (χ2n) is 9.20. The summed E-state index contributed by atoms with van der Waals surface area (Å²) in [6, 6.07) is 15.3. The smallest absolute Gasteiger partial charge is 0.225 e. The highest BCUT2D eigenvalue weighted by Gasteiger charge is 2.30. The number of nitriles is 1. The number of amides is 1.